The maximum Gasteiger partial charge on any atom is 0.307 e. The van der Waals surface area contributed by atoms with Crippen LogP contribution in [0.15, 0.2) is 69.9 Å². The molecule has 0 radical (unpaired) electrons. The minimum atomic E-state index is 0.0794. The van der Waals surface area contributed by atoms with Gasteiger partial charge in [-0.1, -0.05) is 65.0 Å². The molecular formula is C21H19ClN4OS2. The lowest BCUT2D eigenvalue weighted by Gasteiger charge is -2.11. The number of hydrogen-bond acceptors (Lipinski definition) is 5. The highest BCUT2D eigenvalue weighted by Gasteiger charge is 2.15. The summed E-state index contributed by atoms with van der Waals surface area (Å²) >= 11 is 8.89. The maximum atomic E-state index is 11.9. The number of aryl methyl sites for hydroxylation is 1. The van der Waals surface area contributed by atoms with Gasteiger partial charge in [-0.15, -0.1) is 10.2 Å². The third kappa shape index (κ3) is 4.63. The van der Waals surface area contributed by atoms with E-state index < -0.39 is 0 Å². The number of thiazole rings is 1. The Morgan fingerprint density at radius 2 is 1.79 bits per heavy atom. The second-order valence-corrected chi connectivity index (χ2v) is 8.85. The lowest BCUT2D eigenvalue weighted by molar-refractivity contribution is 0.705. The summed E-state index contributed by atoms with van der Waals surface area (Å²) < 4.78 is 3.92. The lowest BCUT2D eigenvalue weighted by Crippen LogP contribution is -2.16. The number of nitrogens with zero attached hydrogens (tertiary/aromatic N) is 4. The molecule has 0 saturated heterocycles. The van der Waals surface area contributed by atoms with Gasteiger partial charge >= 0.3 is 4.87 Å². The Bertz CT molecular complexity index is 1150. The van der Waals surface area contributed by atoms with Crippen molar-refractivity contribution in [1.82, 2.24) is 19.3 Å². The first-order valence-corrected chi connectivity index (χ1v) is 11.4. The minimum Gasteiger partial charge on any atom is -0.303 e. The van der Waals surface area contributed by atoms with Crippen LogP contribution in [0.5, 0.6) is 0 Å². The van der Waals surface area contributed by atoms with E-state index in [1.54, 1.807) is 16.3 Å². The first kappa shape index (κ1) is 19.9. The summed E-state index contributed by atoms with van der Waals surface area (Å²) in [6.07, 6.45) is 0. The van der Waals surface area contributed by atoms with E-state index in [0.717, 1.165) is 28.0 Å². The Balaban J connectivity index is 1.60. The standard InChI is InChI=1S/C21H19ClN4OS2/c1-15-14-29-21(27)25(15)11-12-28-20-24-23-19(17-7-9-18(22)10-8-17)26(20)13-16-5-3-2-4-6-16/h2-10,14H,11-13H2,1H3. The number of halogens is 1. The van der Waals surface area contributed by atoms with Gasteiger partial charge in [0.15, 0.2) is 11.0 Å². The summed E-state index contributed by atoms with van der Waals surface area (Å²) in [4.78, 5) is 12.0. The van der Waals surface area contributed by atoms with Crippen LogP contribution in [0.4, 0.5) is 0 Å². The Morgan fingerprint density at radius 3 is 2.48 bits per heavy atom. The second kappa shape index (κ2) is 8.98. The van der Waals surface area contributed by atoms with Crippen molar-refractivity contribution in [2.75, 3.05) is 5.75 Å². The molecule has 0 spiro atoms. The van der Waals surface area contributed by atoms with Crippen molar-refractivity contribution in [2.45, 2.75) is 25.2 Å². The second-order valence-electron chi connectivity index (χ2n) is 6.53. The van der Waals surface area contributed by atoms with Gasteiger partial charge in [0.05, 0.1) is 6.54 Å². The summed E-state index contributed by atoms with van der Waals surface area (Å²) in [5.41, 5.74) is 3.14. The topological polar surface area (TPSA) is 52.7 Å². The molecule has 8 heteroatoms. The number of aromatic nitrogens is 4. The fourth-order valence-electron chi connectivity index (χ4n) is 3.02. The molecule has 5 nitrogen and oxygen atoms in total. The molecule has 2 aromatic carbocycles. The molecule has 0 aliphatic carbocycles. The fraction of sp³-hybridized carbons (Fsp3) is 0.190. The van der Waals surface area contributed by atoms with E-state index in [9.17, 15) is 4.79 Å². The molecule has 0 saturated carbocycles. The summed E-state index contributed by atoms with van der Waals surface area (Å²) in [6, 6.07) is 17.9. The van der Waals surface area contributed by atoms with E-state index in [1.165, 1.54) is 16.9 Å². The Hall–Kier alpha value is -2.35. The quantitative estimate of drug-likeness (QED) is 0.379. The van der Waals surface area contributed by atoms with Gasteiger partial charge < -0.3 is 4.57 Å². The third-order valence-electron chi connectivity index (χ3n) is 4.53. The predicted octanol–water partition coefficient (Wildman–Crippen LogP) is 4.97. The van der Waals surface area contributed by atoms with Gasteiger partial charge in [-0.2, -0.15) is 0 Å². The monoisotopic (exact) mass is 442 g/mol. The van der Waals surface area contributed by atoms with Crippen LogP contribution in [0, 0.1) is 6.92 Å². The average molecular weight is 443 g/mol. The number of thioether (sulfide) groups is 1. The van der Waals surface area contributed by atoms with E-state index in [1.807, 2.05) is 54.8 Å². The van der Waals surface area contributed by atoms with Crippen molar-refractivity contribution in [3.05, 3.63) is 85.9 Å². The van der Waals surface area contributed by atoms with E-state index in [0.29, 0.717) is 18.1 Å². The molecule has 0 unspecified atom stereocenters. The number of benzene rings is 2. The third-order valence-corrected chi connectivity index (χ3v) is 6.61. The van der Waals surface area contributed by atoms with Crippen LogP contribution in [0.1, 0.15) is 11.3 Å². The fourth-order valence-corrected chi connectivity index (χ4v) is 4.77. The van der Waals surface area contributed by atoms with Crippen molar-refractivity contribution in [3.8, 4) is 11.4 Å². The van der Waals surface area contributed by atoms with Crippen molar-refractivity contribution in [3.63, 3.8) is 0 Å². The van der Waals surface area contributed by atoms with Gasteiger partial charge in [0, 0.05) is 34.0 Å². The highest BCUT2D eigenvalue weighted by Crippen LogP contribution is 2.26. The average Bonchev–Trinajstić information content (AvgIpc) is 3.27. The van der Waals surface area contributed by atoms with Gasteiger partial charge in [0.1, 0.15) is 0 Å². The van der Waals surface area contributed by atoms with Crippen LogP contribution in [-0.4, -0.2) is 25.1 Å². The summed E-state index contributed by atoms with van der Waals surface area (Å²) in [6.45, 7) is 3.28. The molecular weight excluding hydrogens is 424 g/mol. The summed E-state index contributed by atoms with van der Waals surface area (Å²) in [5, 5.41) is 12.3. The molecule has 0 N–H and O–H groups in total. The highest BCUT2D eigenvalue weighted by atomic mass is 35.5. The van der Waals surface area contributed by atoms with Crippen molar-refractivity contribution in [2.24, 2.45) is 0 Å². The molecule has 0 aliphatic heterocycles. The minimum absolute atomic E-state index is 0.0794. The van der Waals surface area contributed by atoms with Gasteiger partial charge in [0.2, 0.25) is 0 Å². The smallest absolute Gasteiger partial charge is 0.303 e. The molecule has 0 fully saturated rings. The van der Waals surface area contributed by atoms with E-state index in [-0.39, 0.29) is 4.87 Å². The first-order valence-electron chi connectivity index (χ1n) is 9.12. The predicted molar refractivity (Wildman–Crippen MR) is 120 cm³/mol. The SMILES string of the molecule is Cc1csc(=O)n1CCSc1nnc(-c2ccc(Cl)cc2)n1Cc1ccccc1. The molecule has 0 amide bonds. The Labute approximate surface area is 182 Å². The zero-order valence-corrected chi connectivity index (χ0v) is 18.2. The largest absolute Gasteiger partial charge is 0.307 e. The zero-order valence-electron chi connectivity index (χ0n) is 15.8. The summed E-state index contributed by atoms with van der Waals surface area (Å²) in [7, 11) is 0. The molecule has 0 atom stereocenters. The van der Waals surface area contributed by atoms with E-state index in [4.69, 9.17) is 11.6 Å². The van der Waals surface area contributed by atoms with Crippen LogP contribution in [0.25, 0.3) is 11.4 Å². The highest BCUT2D eigenvalue weighted by molar-refractivity contribution is 7.99. The van der Waals surface area contributed by atoms with Crippen LogP contribution in [-0.2, 0) is 13.1 Å². The molecule has 148 valence electrons. The molecule has 29 heavy (non-hydrogen) atoms. The van der Waals surface area contributed by atoms with E-state index in [2.05, 4.69) is 26.9 Å². The Kier molecular flexibility index (Phi) is 6.18. The van der Waals surface area contributed by atoms with Gasteiger partial charge in [-0.25, -0.2) is 0 Å². The van der Waals surface area contributed by atoms with Gasteiger partial charge in [-0.05, 0) is 36.8 Å². The molecule has 0 aliphatic rings. The number of hydrogen-bond donors (Lipinski definition) is 0. The van der Waals surface area contributed by atoms with Crippen molar-refractivity contribution in [1.29, 1.82) is 0 Å². The van der Waals surface area contributed by atoms with Crippen LogP contribution < -0.4 is 4.87 Å². The van der Waals surface area contributed by atoms with Crippen molar-refractivity contribution < 1.29 is 0 Å². The normalized spacial score (nSPS) is 11.1. The van der Waals surface area contributed by atoms with Crippen LogP contribution in [0.3, 0.4) is 0 Å². The molecule has 0 bridgehead atoms. The Morgan fingerprint density at radius 1 is 1.03 bits per heavy atom. The molecule has 4 aromatic rings. The lowest BCUT2D eigenvalue weighted by atomic mass is 10.2. The molecule has 2 aromatic heterocycles. The molecule has 2 heterocycles. The van der Waals surface area contributed by atoms with Crippen LogP contribution in [0.2, 0.25) is 5.02 Å². The first-order chi connectivity index (χ1) is 14.1. The van der Waals surface area contributed by atoms with Gasteiger partial charge in [0.25, 0.3) is 0 Å². The summed E-state index contributed by atoms with van der Waals surface area (Å²) in [5.74, 6) is 1.54. The van der Waals surface area contributed by atoms with E-state index >= 15 is 0 Å². The van der Waals surface area contributed by atoms with Gasteiger partial charge in [-0.3, -0.25) is 9.36 Å². The number of rotatable bonds is 7. The maximum absolute atomic E-state index is 11.9. The molecule has 4 rings (SSSR count). The van der Waals surface area contributed by atoms with Crippen LogP contribution >= 0.6 is 34.7 Å². The van der Waals surface area contributed by atoms with Crippen molar-refractivity contribution >= 4 is 34.7 Å². The zero-order chi connectivity index (χ0) is 20.2.